The van der Waals surface area contributed by atoms with Crippen LogP contribution in [0.25, 0.3) is 0 Å². The highest BCUT2D eigenvalue weighted by Gasteiger charge is 2.22. The second-order valence-corrected chi connectivity index (χ2v) is 8.65. The largest absolute Gasteiger partial charge is 0.462 e. The molecule has 0 spiro atoms. The molecule has 142 valence electrons. The summed E-state index contributed by atoms with van der Waals surface area (Å²) in [4.78, 5) is 26.3. The molecule has 0 saturated heterocycles. The molecule has 9 heteroatoms. The Labute approximate surface area is 175 Å². The number of halogens is 1. The van der Waals surface area contributed by atoms with Crippen molar-refractivity contribution in [1.29, 1.82) is 5.26 Å². The van der Waals surface area contributed by atoms with Gasteiger partial charge in [0.05, 0.1) is 11.5 Å². The SMILES string of the molecule is CCOC(=O)c1sc(NC(=O)CCSc2ccc(Cl)cc2)c(SC#N)c1C. The van der Waals surface area contributed by atoms with Crippen LogP contribution in [0.5, 0.6) is 0 Å². The van der Waals surface area contributed by atoms with E-state index in [0.29, 0.717) is 37.5 Å². The van der Waals surface area contributed by atoms with Crippen molar-refractivity contribution in [2.24, 2.45) is 0 Å². The van der Waals surface area contributed by atoms with Gasteiger partial charge in [0.1, 0.15) is 15.3 Å². The summed E-state index contributed by atoms with van der Waals surface area (Å²) in [6.45, 7) is 3.74. The summed E-state index contributed by atoms with van der Waals surface area (Å²) in [6, 6.07) is 7.42. The molecule has 27 heavy (non-hydrogen) atoms. The van der Waals surface area contributed by atoms with Crippen LogP contribution in [0.4, 0.5) is 5.00 Å². The van der Waals surface area contributed by atoms with Crippen molar-refractivity contribution < 1.29 is 14.3 Å². The maximum atomic E-state index is 12.3. The first-order valence-electron chi connectivity index (χ1n) is 8.00. The number of hydrogen-bond acceptors (Lipinski definition) is 7. The van der Waals surface area contributed by atoms with Gasteiger partial charge in [-0.2, -0.15) is 5.26 Å². The van der Waals surface area contributed by atoms with Crippen LogP contribution in [0.2, 0.25) is 5.02 Å². The van der Waals surface area contributed by atoms with Crippen molar-refractivity contribution in [3.63, 3.8) is 0 Å². The third kappa shape index (κ3) is 6.18. The van der Waals surface area contributed by atoms with E-state index in [1.54, 1.807) is 37.7 Å². The van der Waals surface area contributed by atoms with E-state index in [2.05, 4.69) is 5.32 Å². The van der Waals surface area contributed by atoms with E-state index < -0.39 is 5.97 Å². The average molecular weight is 441 g/mol. The van der Waals surface area contributed by atoms with E-state index in [-0.39, 0.29) is 12.5 Å². The molecule has 0 radical (unpaired) electrons. The van der Waals surface area contributed by atoms with Crippen LogP contribution in [0.1, 0.15) is 28.6 Å². The summed E-state index contributed by atoms with van der Waals surface area (Å²) in [7, 11) is 0. The topological polar surface area (TPSA) is 79.2 Å². The number of thiophene rings is 1. The normalized spacial score (nSPS) is 10.3. The van der Waals surface area contributed by atoms with Gasteiger partial charge in [0.2, 0.25) is 5.91 Å². The van der Waals surface area contributed by atoms with Crippen LogP contribution in [0, 0.1) is 17.6 Å². The maximum Gasteiger partial charge on any atom is 0.348 e. The minimum absolute atomic E-state index is 0.173. The molecular formula is C18H17ClN2O3S3. The molecule has 5 nitrogen and oxygen atoms in total. The summed E-state index contributed by atoms with van der Waals surface area (Å²) in [5.41, 5.74) is 0.649. The fraction of sp³-hybridized carbons (Fsp3) is 0.278. The molecular weight excluding hydrogens is 424 g/mol. The van der Waals surface area contributed by atoms with Gasteiger partial charge in [0.15, 0.2) is 0 Å². The predicted molar refractivity (Wildman–Crippen MR) is 112 cm³/mol. The van der Waals surface area contributed by atoms with Gasteiger partial charge in [-0.25, -0.2) is 4.79 Å². The number of thioether (sulfide) groups is 2. The number of nitriles is 1. The van der Waals surface area contributed by atoms with Crippen molar-refractivity contribution in [2.75, 3.05) is 17.7 Å². The Morgan fingerprint density at radius 2 is 2.04 bits per heavy atom. The monoisotopic (exact) mass is 440 g/mol. The standard InChI is InChI=1S/C18H17ClN2O3S3/c1-3-24-18(23)16-11(2)15(26-10-20)17(27-16)21-14(22)8-9-25-13-6-4-12(19)5-7-13/h4-7H,3,8-9H2,1-2H3,(H,21,22). The number of thiocyanates is 1. The molecule has 0 aliphatic carbocycles. The van der Waals surface area contributed by atoms with Gasteiger partial charge in [-0.3, -0.25) is 4.79 Å². The first-order chi connectivity index (χ1) is 13.0. The van der Waals surface area contributed by atoms with Gasteiger partial charge in [0.25, 0.3) is 0 Å². The molecule has 0 aliphatic rings. The van der Waals surface area contributed by atoms with Crippen LogP contribution in [0.3, 0.4) is 0 Å². The first-order valence-corrected chi connectivity index (χ1v) is 11.0. The zero-order valence-corrected chi connectivity index (χ0v) is 17.9. The lowest BCUT2D eigenvalue weighted by Gasteiger charge is -2.05. The molecule has 1 aromatic heterocycles. The van der Waals surface area contributed by atoms with E-state index in [1.165, 1.54) is 0 Å². The van der Waals surface area contributed by atoms with E-state index in [4.69, 9.17) is 21.6 Å². The van der Waals surface area contributed by atoms with Gasteiger partial charge in [-0.1, -0.05) is 11.6 Å². The molecule has 0 unspecified atom stereocenters. The Bertz CT molecular complexity index is 860. The molecule has 0 aliphatic heterocycles. The number of hydrogen-bond donors (Lipinski definition) is 1. The van der Waals surface area contributed by atoms with E-state index in [9.17, 15) is 9.59 Å². The zero-order valence-electron chi connectivity index (χ0n) is 14.7. The van der Waals surface area contributed by atoms with Gasteiger partial charge in [0, 0.05) is 22.1 Å². The van der Waals surface area contributed by atoms with Gasteiger partial charge in [-0.05, 0) is 55.4 Å². The Morgan fingerprint density at radius 1 is 1.33 bits per heavy atom. The number of ether oxygens (including phenoxy) is 1. The fourth-order valence-electron chi connectivity index (χ4n) is 2.12. The Balaban J connectivity index is 2.01. The molecule has 0 bridgehead atoms. The number of nitrogens with one attached hydrogen (secondary N) is 1. The Morgan fingerprint density at radius 3 is 2.67 bits per heavy atom. The average Bonchev–Trinajstić information content (AvgIpc) is 2.93. The number of carbonyl (C=O) groups excluding carboxylic acids is 2. The molecule has 2 rings (SSSR count). The molecule has 1 aromatic carbocycles. The first kappa shape index (κ1) is 21.6. The number of esters is 1. The molecule has 1 heterocycles. The van der Waals surface area contributed by atoms with Crippen LogP contribution in [0.15, 0.2) is 34.1 Å². The lowest BCUT2D eigenvalue weighted by atomic mass is 10.3. The number of carbonyl (C=O) groups is 2. The van der Waals surface area contributed by atoms with Gasteiger partial charge < -0.3 is 10.1 Å². The molecule has 0 saturated carbocycles. The summed E-state index contributed by atoms with van der Waals surface area (Å²) in [6.07, 6.45) is 0.301. The number of rotatable bonds is 8. The van der Waals surface area contributed by atoms with E-state index >= 15 is 0 Å². The molecule has 1 N–H and O–H groups in total. The molecule has 0 atom stereocenters. The quantitative estimate of drug-likeness (QED) is 0.328. The zero-order chi connectivity index (χ0) is 19.8. The van der Waals surface area contributed by atoms with Crippen molar-refractivity contribution in [3.8, 4) is 5.40 Å². The van der Waals surface area contributed by atoms with Gasteiger partial charge in [-0.15, -0.1) is 23.1 Å². The lowest BCUT2D eigenvalue weighted by molar-refractivity contribution is -0.115. The lowest BCUT2D eigenvalue weighted by Crippen LogP contribution is -2.11. The Hall–Kier alpha value is -1.66. The third-order valence-electron chi connectivity index (χ3n) is 3.36. The summed E-state index contributed by atoms with van der Waals surface area (Å²) in [5.74, 6) is -0.0185. The van der Waals surface area contributed by atoms with Crippen LogP contribution < -0.4 is 5.32 Å². The van der Waals surface area contributed by atoms with Crippen LogP contribution >= 0.6 is 46.5 Å². The highest BCUT2D eigenvalue weighted by molar-refractivity contribution is 8.04. The second kappa shape index (κ2) is 10.6. The molecule has 1 amide bonds. The highest BCUT2D eigenvalue weighted by atomic mass is 35.5. The van der Waals surface area contributed by atoms with Crippen molar-refractivity contribution in [3.05, 3.63) is 39.7 Å². The van der Waals surface area contributed by atoms with Crippen LogP contribution in [-0.2, 0) is 9.53 Å². The maximum absolute atomic E-state index is 12.3. The molecule has 0 fully saturated rings. The smallest absolute Gasteiger partial charge is 0.348 e. The molecule has 2 aromatic rings. The minimum atomic E-state index is -0.446. The summed E-state index contributed by atoms with van der Waals surface area (Å²) < 4.78 is 5.04. The Kier molecular flexibility index (Phi) is 8.51. The van der Waals surface area contributed by atoms with Crippen molar-refractivity contribution in [1.82, 2.24) is 0 Å². The summed E-state index contributed by atoms with van der Waals surface area (Å²) in [5, 5.41) is 15.0. The fourth-order valence-corrected chi connectivity index (χ4v) is 4.92. The highest BCUT2D eigenvalue weighted by Crippen LogP contribution is 2.40. The predicted octanol–water partition coefficient (Wildman–Crippen LogP) is 5.58. The third-order valence-corrected chi connectivity index (χ3v) is 6.75. The van der Waals surface area contributed by atoms with Gasteiger partial charge >= 0.3 is 5.97 Å². The van der Waals surface area contributed by atoms with E-state index in [0.717, 1.165) is 28.0 Å². The number of benzene rings is 1. The van der Waals surface area contributed by atoms with E-state index in [1.807, 2.05) is 17.5 Å². The number of amides is 1. The number of anilines is 1. The summed E-state index contributed by atoms with van der Waals surface area (Å²) >= 11 is 9.47. The van der Waals surface area contributed by atoms with Crippen molar-refractivity contribution >= 4 is 63.3 Å². The van der Waals surface area contributed by atoms with Crippen LogP contribution in [-0.4, -0.2) is 24.2 Å². The number of nitrogens with zero attached hydrogens (tertiary/aromatic N) is 1. The second-order valence-electron chi connectivity index (χ2n) is 5.23. The minimum Gasteiger partial charge on any atom is -0.462 e. The van der Waals surface area contributed by atoms with Crippen molar-refractivity contribution in [2.45, 2.75) is 30.1 Å².